The third-order valence-corrected chi connectivity index (χ3v) is 8.42. The van der Waals surface area contributed by atoms with Gasteiger partial charge in [-0.3, -0.25) is 0 Å². The Labute approximate surface area is 242 Å². The lowest BCUT2D eigenvalue weighted by molar-refractivity contribution is -0.362. The van der Waals surface area contributed by atoms with Gasteiger partial charge in [-0.1, -0.05) is 43.2 Å². The highest BCUT2D eigenvalue weighted by Crippen LogP contribution is 2.40. The molecule has 7 N–H and O–H groups in total. The molecular formula is C30H50O11. The Bertz CT molecular complexity index is 927. The number of rotatable bonds is 11. The van der Waals surface area contributed by atoms with Crippen molar-refractivity contribution in [3.8, 4) is 0 Å². The summed E-state index contributed by atoms with van der Waals surface area (Å²) in [5, 5.41) is 71.0. The molecule has 0 aromatic heterocycles. The first kappa shape index (κ1) is 34.3. The molecule has 0 aromatic rings. The van der Waals surface area contributed by atoms with Gasteiger partial charge in [0, 0.05) is 0 Å². The van der Waals surface area contributed by atoms with Crippen LogP contribution >= 0.6 is 0 Å². The zero-order valence-electron chi connectivity index (χ0n) is 24.8. The maximum atomic E-state index is 10.8. The van der Waals surface area contributed by atoms with E-state index in [0.717, 1.165) is 18.4 Å². The van der Waals surface area contributed by atoms with Crippen molar-refractivity contribution in [1.29, 1.82) is 0 Å². The Hall–Kier alpha value is -1.22. The standard InChI is InChI=1S/C30H50O11/c1-16(11-12-19-17(2)9-7-13-30(19,4)5)8-6-10-18(3)38-28-26(37)24(35)27(21(15-32)40-28)41-29-25(36)23(34)22(33)20(14-31)39-29/h8,11-12,18,20-29,31-37H,6-7,9-10,13-15H2,1-5H3/b12-11+,16-8+/t18?,20-,21-,22-,23+,24-,25-,26-,27-,28+,29+/m1/s1. The van der Waals surface area contributed by atoms with E-state index in [9.17, 15) is 35.7 Å². The average molecular weight is 587 g/mol. The van der Waals surface area contributed by atoms with Crippen LogP contribution in [-0.4, -0.2) is 116 Å². The van der Waals surface area contributed by atoms with Crippen LogP contribution in [0.25, 0.3) is 0 Å². The van der Waals surface area contributed by atoms with Gasteiger partial charge in [0.2, 0.25) is 0 Å². The molecule has 3 aliphatic rings. The third-order valence-electron chi connectivity index (χ3n) is 8.42. The molecule has 2 fully saturated rings. The highest BCUT2D eigenvalue weighted by Gasteiger charge is 2.50. The van der Waals surface area contributed by atoms with Gasteiger partial charge < -0.3 is 54.7 Å². The SMILES string of the molecule is CC1=C(/C=C/C(C)=C/CCC(C)O[C@H]2O[C@H](CO)[C@@H](O[C@@H]3O[C@H](CO)[C@@H](O)[C@H](O)[C@H]3O)[C@H](O)[C@H]2O)C(C)(C)CCC1. The molecule has 1 aliphatic carbocycles. The van der Waals surface area contributed by atoms with E-state index >= 15 is 0 Å². The van der Waals surface area contributed by atoms with Gasteiger partial charge in [-0.05, 0) is 63.9 Å². The number of aliphatic hydroxyl groups excluding tert-OH is 7. The second-order valence-electron chi connectivity index (χ2n) is 12.2. The minimum absolute atomic E-state index is 0.179. The normalized spacial score (nSPS) is 39.4. The van der Waals surface area contributed by atoms with Crippen LogP contribution in [0.4, 0.5) is 0 Å². The Morgan fingerprint density at radius 2 is 1.59 bits per heavy atom. The van der Waals surface area contributed by atoms with Crippen LogP contribution in [0.15, 0.2) is 34.9 Å². The van der Waals surface area contributed by atoms with Crippen molar-refractivity contribution in [2.75, 3.05) is 13.2 Å². The van der Waals surface area contributed by atoms with E-state index in [2.05, 4.69) is 45.9 Å². The second kappa shape index (κ2) is 15.0. The summed E-state index contributed by atoms with van der Waals surface area (Å²) in [6.07, 6.45) is -3.66. The molecule has 2 heterocycles. The fraction of sp³-hybridized carbons (Fsp3) is 0.800. The summed E-state index contributed by atoms with van der Waals surface area (Å²) in [5.74, 6) is 0. The second-order valence-corrected chi connectivity index (χ2v) is 12.2. The highest BCUT2D eigenvalue weighted by atomic mass is 16.7. The summed E-state index contributed by atoms with van der Waals surface area (Å²) in [4.78, 5) is 0. The summed E-state index contributed by atoms with van der Waals surface area (Å²) in [6, 6.07) is 0. The number of hydrogen-bond acceptors (Lipinski definition) is 11. The van der Waals surface area contributed by atoms with Crippen LogP contribution in [0.2, 0.25) is 0 Å². The molecule has 41 heavy (non-hydrogen) atoms. The number of aliphatic hydroxyl groups is 7. The van der Waals surface area contributed by atoms with E-state index in [-0.39, 0.29) is 11.5 Å². The molecule has 2 saturated heterocycles. The van der Waals surface area contributed by atoms with Crippen LogP contribution in [0, 0.1) is 5.41 Å². The first-order chi connectivity index (χ1) is 19.3. The molecule has 3 rings (SSSR count). The molecular weight excluding hydrogens is 536 g/mol. The van der Waals surface area contributed by atoms with Crippen LogP contribution < -0.4 is 0 Å². The summed E-state index contributed by atoms with van der Waals surface area (Å²) in [7, 11) is 0. The van der Waals surface area contributed by atoms with E-state index in [4.69, 9.17) is 18.9 Å². The molecule has 11 atom stereocenters. The molecule has 0 aromatic carbocycles. The van der Waals surface area contributed by atoms with Gasteiger partial charge in [0.25, 0.3) is 0 Å². The lowest BCUT2D eigenvalue weighted by Gasteiger charge is -2.46. The summed E-state index contributed by atoms with van der Waals surface area (Å²) in [6.45, 7) is 9.40. The highest BCUT2D eigenvalue weighted by molar-refractivity contribution is 5.35. The van der Waals surface area contributed by atoms with Gasteiger partial charge in [0.1, 0.15) is 48.8 Å². The van der Waals surface area contributed by atoms with Gasteiger partial charge in [-0.15, -0.1) is 0 Å². The zero-order chi connectivity index (χ0) is 30.5. The minimum atomic E-state index is -1.72. The Kier molecular flexibility index (Phi) is 12.5. The number of allylic oxidation sites excluding steroid dienone is 6. The predicted molar refractivity (Wildman–Crippen MR) is 149 cm³/mol. The molecule has 0 radical (unpaired) electrons. The topological polar surface area (TPSA) is 179 Å². The van der Waals surface area contributed by atoms with Crippen LogP contribution in [0.3, 0.4) is 0 Å². The van der Waals surface area contributed by atoms with Gasteiger partial charge >= 0.3 is 0 Å². The molecule has 1 unspecified atom stereocenters. The first-order valence-electron chi connectivity index (χ1n) is 14.6. The largest absolute Gasteiger partial charge is 0.394 e. The van der Waals surface area contributed by atoms with Crippen molar-refractivity contribution in [3.05, 3.63) is 34.9 Å². The van der Waals surface area contributed by atoms with Crippen LogP contribution in [0.5, 0.6) is 0 Å². The maximum Gasteiger partial charge on any atom is 0.187 e. The molecule has 0 saturated carbocycles. The zero-order valence-corrected chi connectivity index (χ0v) is 24.8. The third kappa shape index (κ3) is 8.45. The average Bonchev–Trinajstić information content (AvgIpc) is 2.92. The molecule has 0 amide bonds. The smallest absolute Gasteiger partial charge is 0.187 e. The quantitative estimate of drug-likeness (QED) is 0.171. The Balaban J connectivity index is 1.54. The monoisotopic (exact) mass is 586 g/mol. The van der Waals surface area contributed by atoms with E-state index in [1.165, 1.54) is 24.0 Å². The molecule has 0 spiro atoms. The van der Waals surface area contributed by atoms with E-state index in [1.807, 2.05) is 6.92 Å². The van der Waals surface area contributed by atoms with Gasteiger partial charge in [0.15, 0.2) is 12.6 Å². The maximum absolute atomic E-state index is 10.8. The summed E-state index contributed by atoms with van der Waals surface area (Å²) >= 11 is 0. The van der Waals surface area contributed by atoms with Crippen molar-refractivity contribution >= 4 is 0 Å². The van der Waals surface area contributed by atoms with Crippen molar-refractivity contribution in [2.45, 2.75) is 134 Å². The van der Waals surface area contributed by atoms with Crippen LogP contribution in [-0.2, 0) is 18.9 Å². The predicted octanol–water partition coefficient (Wildman–Crippen LogP) is 0.825. The Morgan fingerprint density at radius 1 is 0.951 bits per heavy atom. The van der Waals surface area contributed by atoms with Gasteiger partial charge in [-0.25, -0.2) is 0 Å². The lowest BCUT2D eigenvalue weighted by atomic mass is 9.72. The summed E-state index contributed by atoms with van der Waals surface area (Å²) in [5.41, 5.74) is 4.17. The molecule has 11 heteroatoms. The first-order valence-corrected chi connectivity index (χ1v) is 14.6. The van der Waals surface area contributed by atoms with Crippen molar-refractivity contribution < 1.29 is 54.7 Å². The Morgan fingerprint density at radius 3 is 2.22 bits per heavy atom. The van der Waals surface area contributed by atoms with Crippen molar-refractivity contribution in [1.82, 2.24) is 0 Å². The van der Waals surface area contributed by atoms with E-state index in [0.29, 0.717) is 6.42 Å². The van der Waals surface area contributed by atoms with Gasteiger partial charge in [0.05, 0.1) is 19.3 Å². The summed E-state index contributed by atoms with van der Waals surface area (Å²) < 4.78 is 22.5. The van der Waals surface area contributed by atoms with Crippen molar-refractivity contribution in [3.63, 3.8) is 0 Å². The van der Waals surface area contributed by atoms with Crippen molar-refractivity contribution in [2.24, 2.45) is 5.41 Å². The lowest BCUT2D eigenvalue weighted by Crippen LogP contribution is -2.64. The fourth-order valence-electron chi connectivity index (χ4n) is 5.80. The van der Waals surface area contributed by atoms with E-state index < -0.39 is 74.6 Å². The molecule has 11 nitrogen and oxygen atoms in total. The van der Waals surface area contributed by atoms with E-state index in [1.54, 1.807) is 0 Å². The van der Waals surface area contributed by atoms with Gasteiger partial charge in [-0.2, -0.15) is 0 Å². The number of ether oxygens (including phenoxy) is 4. The fourth-order valence-corrected chi connectivity index (χ4v) is 5.80. The molecule has 2 aliphatic heterocycles. The van der Waals surface area contributed by atoms with Crippen LogP contribution in [0.1, 0.15) is 66.7 Å². The number of hydrogen-bond donors (Lipinski definition) is 7. The molecule has 0 bridgehead atoms. The minimum Gasteiger partial charge on any atom is -0.394 e. The molecule has 236 valence electrons.